The highest BCUT2D eigenvalue weighted by molar-refractivity contribution is 5.87. The van der Waals surface area contributed by atoms with E-state index in [1.165, 1.54) is 0 Å². The van der Waals surface area contributed by atoms with E-state index in [1.54, 1.807) is 18.2 Å². The average molecular weight is 261 g/mol. The zero-order valence-electron chi connectivity index (χ0n) is 11.1. The fraction of sp³-hybridized carbons (Fsp3) is 0.467. The summed E-state index contributed by atoms with van der Waals surface area (Å²) in [7, 11) is 0. The van der Waals surface area contributed by atoms with Gasteiger partial charge in [0.05, 0.1) is 11.6 Å². The summed E-state index contributed by atoms with van der Waals surface area (Å²) in [5.41, 5.74) is 1.22. The van der Waals surface area contributed by atoms with Gasteiger partial charge in [0.2, 0.25) is 5.91 Å². The van der Waals surface area contributed by atoms with E-state index in [1.807, 2.05) is 17.9 Å². The Morgan fingerprint density at radius 1 is 1.42 bits per heavy atom. The number of rotatable bonds is 4. The minimum absolute atomic E-state index is 0.0401. The summed E-state index contributed by atoms with van der Waals surface area (Å²) in [6.45, 7) is 2.77. The average Bonchev–Trinajstić information content (AvgIpc) is 2.88. The van der Waals surface area contributed by atoms with Crippen molar-refractivity contribution in [2.45, 2.75) is 38.6 Å². The second kappa shape index (κ2) is 5.87. The van der Waals surface area contributed by atoms with Crippen LogP contribution in [0, 0.1) is 0 Å². The second-order valence-corrected chi connectivity index (χ2v) is 4.93. The maximum absolute atomic E-state index is 12.1. The molecule has 102 valence electrons. The molecule has 1 saturated heterocycles. The quantitative estimate of drug-likeness (QED) is 0.906. The van der Waals surface area contributed by atoms with Crippen LogP contribution in [-0.2, 0) is 4.79 Å². The molecular formula is C15H19NO3. The van der Waals surface area contributed by atoms with Crippen molar-refractivity contribution in [1.82, 2.24) is 4.90 Å². The molecule has 1 unspecified atom stereocenters. The normalized spacial score (nSPS) is 18.6. The summed E-state index contributed by atoms with van der Waals surface area (Å²) in [5.74, 6) is -0.753. The number of carbonyl (C=O) groups excluding carboxylic acids is 1. The molecule has 1 aliphatic heterocycles. The minimum atomic E-state index is -0.925. The number of benzene rings is 1. The number of hydrogen-bond acceptors (Lipinski definition) is 2. The smallest absolute Gasteiger partial charge is 0.335 e. The number of carboxylic acids is 1. The summed E-state index contributed by atoms with van der Waals surface area (Å²) in [6, 6.07) is 6.97. The Morgan fingerprint density at radius 2 is 2.21 bits per heavy atom. The molecule has 1 fully saturated rings. The number of hydrogen-bond donors (Lipinski definition) is 1. The van der Waals surface area contributed by atoms with Gasteiger partial charge in [-0.25, -0.2) is 4.79 Å². The van der Waals surface area contributed by atoms with E-state index in [0.29, 0.717) is 6.42 Å². The van der Waals surface area contributed by atoms with E-state index < -0.39 is 5.97 Å². The standard InChI is InChI=1S/C15H19NO3/c1-2-5-14(17)16-9-4-8-13(16)11-6-3-7-12(10-11)15(18)19/h3,6-7,10,13H,2,4-5,8-9H2,1H3,(H,18,19). The van der Waals surface area contributed by atoms with E-state index in [-0.39, 0.29) is 17.5 Å². The van der Waals surface area contributed by atoms with Crippen molar-refractivity contribution >= 4 is 11.9 Å². The number of nitrogens with zero attached hydrogens (tertiary/aromatic N) is 1. The summed E-state index contributed by atoms with van der Waals surface area (Å²) in [6.07, 6.45) is 3.31. The third kappa shape index (κ3) is 2.95. The lowest BCUT2D eigenvalue weighted by molar-refractivity contribution is -0.132. The minimum Gasteiger partial charge on any atom is -0.478 e. The van der Waals surface area contributed by atoms with Gasteiger partial charge in [0.1, 0.15) is 0 Å². The fourth-order valence-corrected chi connectivity index (χ4v) is 2.65. The molecule has 4 heteroatoms. The highest BCUT2D eigenvalue weighted by Gasteiger charge is 2.29. The molecule has 1 heterocycles. The third-order valence-electron chi connectivity index (χ3n) is 3.56. The van der Waals surface area contributed by atoms with Crippen molar-refractivity contribution in [3.63, 3.8) is 0 Å². The van der Waals surface area contributed by atoms with Gasteiger partial charge in [-0.15, -0.1) is 0 Å². The van der Waals surface area contributed by atoms with Crippen LogP contribution >= 0.6 is 0 Å². The molecule has 0 radical (unpaired) electrons. The first kappa shape index (κ1) is 13.6. The van der Waals surface area contributed by atoms with Gasteiger partial charge < -0.3 is 10.0 Å². The van der Waals surface area contributed by atoms with E-state index in [9.17, 15) is 9.59 Å². The first-order valence-electron chi connectivity index (χ1n) is 6.76. The summed E-state index contributed by atoms with van der Waals surface area (Å²) >= 11 is 0. The Morgan fingerprint density at radius 3 is 2.89 bits per heavy atom. The topological polar surface area (TPSA) is 57.6 Å². The summed E-state index contributed by atoms with van der Waals surface area (Å²) in [5, 5.41) is 9.03. The van der Waals surface area contributed by atoms with Gasteiger partial charge in [0, 0.05) is 13.0 Å². The van der Waals surface area contributed by atoms with Gasteiger partial charge in [0.25, 0.3) is 0 Å². The van der Waals surface area contributed by atoms with Crippen LogP contribution in [0.15, 0.2) is 24.3 Å². The summed E-state index contributed by atoms with van der Waals surface area (Å²) in [4.78, 5) is 25.0. The van der Waals surface area contributed by atoms with Crippen LogP contribution in [0.5, 0.6) is 0 Å². The van der Waals surface area contributed by atoms with E-state index in [2.05, 4.69) is 0 Å². The van der Waals surface area contributed by atoms with Gasteiger partial charge in [-0.1, -0.05) is 19.1 Å². The number of likely N-dealkylation sites (tertiary alicyclic amines) is 1. The third-order valence-corrected chi connectivity index (χ3v) is 3.56. The van der Waals surface area contributed by atoms with Crippen LogP contribution in [0.3, 0.4) is 0 Å². The maximum Gasteiger partial charge on any atom is 0.335 e. The second-order valence-electron chi connectivity index (χ2n) is 4.93. The van der Waals surface area contributed by atoms with E-state index in [4.69, 9.17) is 5.11 Å². The van der Waals surface area contributed by atoms with E-state index in [0.717, 1.165) is 31.4 Å². The van der Waals surface area contributed by atoms with Crippen LogP contribution in [0.4, 0.5) is 0 Å². The lowest BCUT2D eigenvalue weighted by Gasteiger charge is -2.25. The predicted molar refractivity (Wildman–Crippen MR) is 72.0 cm³/mol. The van der Waals surface area contributed by atoms with Crippen molar-refractivity contribution in [1.29, 1.82) is 0 Å². The summed E-state index contributed by atoms with van der Waals surface area (Å²) < 4.78 is 0. The van der Waals surface area contributed by atoms with Crippen molar-refractivity contribution in [3.05, 3.63) is 35.4 Å². The van der Waals surface area contributed by atoms with Crippen molar-refractivity contribution in [3.8, 4) is 0 Å². The molecule has 0 aliphatic carbocycles. The molecular weight excluding hydrogens is 242 g/mol. The Kier molecular flexibility index (Phi) is 4.20. The molecule has 0 saturated carbocycles. The Bertz CT molecular complexity index is 484. The van der Waals surface area contributed by atoms with Gasteiger partial charge in [0.15, 0.2) is 0 Å². The first-order chi connectivity index (χ1) is 9.13. The van der Waals surface area contributed by atoms with Crippen LogP contribution in [0.25, 0.3) is 0 Å². The van der Waals surface area contributed by atoms with Gasteiger partial charge in [-0.05, 0) is 37.0 Å². The monoisotopic (exact) mass is 261 g/mol. The zero-order chi connectivity index (χ0) is 13.8. The molecule has 1 aliphatic rings. The molecule has 1 atom stereocenters. The van der Waals surface area contributed by atoms with Crippen LogP contribution < -0.4 is 0 Å². The molecule has 0 bridgehead atoms. The number of carbonyl (C=O) groups is 2. The molecule has 19 heavy (non-hydrogen) atoms. The van der Waals surface area contributed by atoms with Gasteiger partial charge in [-0.2, -0.15) is 0 Å². The predicted octanol–water partition coefficient (Wildman–Crippen LogP) is 2.85. The van der Waals surface area contributed by atoms with Crippen LogP contribution in [-0.4, -0.2) is 28.4 Å². The number of amides is 1. The Hall–Kier alpha value is -1.84. The molecule has 2 rings (SSSR count). The first-order valence-corrected chi connectivity index (χ1v) is 6.76. The van der Waals surface area contributed by atoms with E-state index >= 15 is 0 Å². The highest BCUT2D eigenvalue weighted by Crippen LogP contribution is 2.32. The maximum atomic E-state index is 12.1. The number of aromatic carboxylic acids is 1. The Labute approximate surface area is 113 Å². The lowest BCUT2D eigenvalue weighted by atomic mass is 10.0. The fourth-order valence-electron chi connectivity index (χ4n) is 2.65. The van der Waals surface area contributed by atoms with Gasteiger partial charge >= 0.3 is 5.97 Å². The van der Waals surface area contributed by atoms with Crippen LogP contribution in [0.1, 0.15) is 54.6 Å². The molecule has 0 spiro atoms. The molecule has 1 amide bonds. The number of carboxylic acid groups (broad SMARTS) is 1. The highest BCUT2D eigenvalue weighted by atomic mass is 16.4. The lowest BCUT2D eigenvalue weighted by Crippen LogP contribution is -2.30. The van der Waals surface area contributed by atoms with Crippen molar-refractivity contribution < 1.29 is 14.7 Å². The largest absolute Gasteiger partial charge is 0.478 e. The zero-order valence-corrected chi connectivity index (χ0v) is 11.1. The molecule has 1 N–H and O–H groups in total. The molecule has 4 nitrogen and oxygen atoms in total. The molecule has 0 aromatic heterocycles. The van der Waals surface area contributed by atoms with Crippen molar-refractivity contribution in [2.75, 3.05) is 6.54 Å². The van der Waals surface area contributed by atoms with Gasteiger partial charge in [-0.3, -0.25) is 4.79 Å². The van der Waals surface area contributed by atoms with Crippen molar-refractivity contribution in [2.24, 2.45) is 0 Å². The van der Waals surface area contributed by atoms with Crippen LogP contribution in [0.2, 0.25) is 0 Å². The Balaban J connectivity index is 2.22. The molecule has 1 aromatic carbocycles. The molecule has 1 aromatic rings. The SMILES string of the molecule is CCCC(=O)N1CCCC1c1cccc(C(=O)O)c1.